The van der Waals surface area contributed by atoms with E-state index in [1.165, 1.54) is 12.3 Å². The van der Waals surface area contributed by atoms with Crippen molar-refractivity contribution in [1.29, 1.82) is 0 Å². The highest BCUT2D eigenvalue weighted by molar-refractivity contribution is 5.74. The average molecular weight is 369 g/mol. The van der Waals surface area contributed by atoms with Crippen LogP contribution in [-0.2, 0) is 13.0 Å². The molecule has 5 rings (SSSR count). The summed E-state index contributed by atoms with van der Waals surface area (Å²) in [5.41, 5.74) is 5.37. The summed E-state index contributed by atoms with van der Waals surface area (Å²) in [5, 5.41) is 0. The maximum Gasteiger partial charge on any atom is 0.269 e. The van der Waals surface area contributed by atoms with E-state index in [1.807, 2.05) is 42.5 Å². The molecule has 0 unspecified atom stereocenters. The lowest BCUT2D eigenvalue weighted by Crippen LogP contribution is -2.21. The second kappa shape index (κ2) is 6.53. The van der Waals surface area contributed by atoms with Gasteiger partial charge in [0.05, 0.1) is 29.5 Å². The van der Waals surface area contributed by atoms with Gasteiger partial charge in [-0.05, 0) is 35.4 Å². The predicted molar refractivity (Wildman–Crippen MR) is 107 cm³/mol. The Morgan fingerprint density at radius 1 is 1.00 bits per heavy atom. The topological polar surface area (TPSA) is 47.8 Å². The summed E-state index contributed by atoms with van der Waals surface area (Å²) in [5.74, 6) is -0.346. The molecular formula is C23H16FN3O. The zero-order valence-corrected chi connectivity index (χ0v) is 15.0. The van der Waals surface area contributed by atoms with Gasteiger partial charge in [-0.2, -0.15) is 0 Å². The van der Waals surface area contributed by atoms with Gasteiger partial charge in [0.15, 0.2) is 0 Å². The molecule has 0 N–H and O–H groups in total. The Hall–Kier alpha value is -3.60. The van der Waals surface area contributed by atoms with Crippen molar-refractivity contribution in [3.8, 4) is 11.1 Å². The van der Waals surface area contributed by atoms with Gasteiger partial charge in [-0.3, -0.25) is 9.78 Å². The highest BCUT2D eigenvalue weighted by Crippen LogP contribution is 2.26. The molecule has 0 amide bonds. The first kappa shape index (κ1) is 16.6. The second-order valence-corrected chi connectivity index (χ2v) is 6.84. The maximum atomic E-state index is 14.9. The third-order valence-electron chi connectivity index (χ3n) is 5.08. The Kier molecular flexibility index (Phi) is 3.86. The lowest BCUT2D eigenvalue weighted by molar-refractivity contribution is 0.599. The van der Waals surface area contributed by atoms with E-state index in [9.17, 15) is 9.18 Å². The van der Waals surface area contributed by atoms with Crippen molar-refractivity contribution < 1.29 is 4.39 Å². The molecule has 1 aliphatic rings. The Bertz CT molecular complexity index is 1310. The standard InChI is InChI=1S/C23H16FN3O/c24-19-11-15(18-10-16-4-3-6-20(16)25-12-18)8-9-17(19)14-27-22-7-2-1-5-21(22)26-13-23(27)28/h1-5,7-13H,6,14H2. The zero-order chi connectivity index (χ0) is 19.1. The van der Waals surface area contributed by atoms with Crippen molar-refractivity contribution in [2.24, 2.45) is 0 Å². The minimum Gasteiger partial charge on any atom is -0.301 e. The summed E-state index contributed by atoms with van der Waals surface area (Å²) < 4.78 is 16.4. The van der Waals surface area contributed by atoms with E-state index in [0.717, 1.165) is 28.8 Å². The molecule has 0 fully saturated rings. The molecule has 2 aromatic heterocycles. The van der Waals surface area contributed by atoms with E-state index in [2.05, 4.69) is 16.0 Å². The van der Waals surface area contributed by atoms with Crippen LogP contribution in [0.25, 0.3) is 28.2 Å². The second-order valence-electron chi connectivity index (χ2n) is 6.84. The monoisotopic (exact) mass is 369 g/mol. The van der Waals surface area contributed by atoms with Crippen LogP contribution < -0.4 is 5.56 Å². The van der Waals surface area contributed by atoms with Gasteiger partial charge in [0.25, 0.3) is 5.56 Å². The van der Waals surface area contributed by atoms with Crippen LogP contribution in [0.3, 0.4) is 0 Å². The van der Waals surface area contributed by atoms with Gasteiger partial charge in [-0.25, -0.2) is 9.37 Å². The fourth-order valence-corrected chi connectivity index (χ4v) is 3.58. The number of nitrogens with zero attached hydrogens (tertiary/aromatic N) is 3. The minimum absolute atomic E-state index is 0.152. The quantitative estimate of drug-likeness (QED) is 0.543. The van der Waals surface area contributed by atoms with Crippen LogP contribution in [0.4, 0.5) is 4.39 Å². The Morgan fingerprint density at radius 3 is 2.79 bits per heavy atom. The summed E-state index contributed by atoms with van der Waals surface area (Å²) in [7, 11) is 0. The number of para-hydroxylation sites is 2. The molecule has 0 bridgehead atoms. The van der Waals surface area contributed by atoms with Gasteiger partial charge in [-0.15, -0.1) is 0 Å². The zero-order valence-electron chi connectivity index (χ0n) is 15.0. The molecule has 0 saturated heterocycles. The molecule has 136 valence electrons. The SMILES string of the molecule is O=c1cnc2ccccc2n1Cc1ccc(-c2cnc3c(c2)C=CC3)cc1F. The maximum absolute atomic E-state index is 14.9. The molecule has 0 atom stereocenters. The number of hydrogen-bond acceptors (Lipinski definition) is 3. The molecule has 0 saturated carbocycles. The molecule has 0 spiro atoms. The van der Waals surface area contributed by atoms with Crippen LogP contribution in [0.5, 0.6) is 0 Å². The largest absolute Gasteiger partial charge is 0.301 e. The first-order valence-corrected chi connectivity index (χ1v) is 9.08. The Balaban J connectivity index is 1.52. The van der Waals surface area contributed by atoms with Crippen molar-refractivity contribution in [1.82, 2.24) is 14.5 Å². The minimum atomic E-state index is -0.346. The van der Waals surface area contributed by atoms with Crippen LogP contribution in [0.1, 0.15) is 16.8 Å². The lowest BCUT2D eigenvalue weighted by atomic mass is 10.0. The first-order chi connectivity index (χ1) is 13.7. The summed E-state index contributed by atoms with van der Waals surface area (Å²) in [6.07, 6.45) is 8.01. The van der Waals surface area contributed by atoms with Crippen LogP contribution in [0, 0.1) is 5.82 Å². The molecule has 4 nitrogen and oxygen atoms in total. The third kappa shape index (κ3) is 2.81. The molecule has 4 aromatic rings. The average Bonchev–Trinajstić information content (AvgIpc) is 3.19. The van der Waals surface area contributed by atoms with Gasteiger partial charge in [0, 0.05) is 23.7 Å². The number of benzene rings is 2. The van der Waals surface area contributed by atoms with E-state index >= 15 is 0 Å². The number of hydrogen-bond donors (Lipinski definition) is 0. The Morgan fingerprint density at radius 2 is 1.89 bits per heavy atom. The predicted octanol–water partition coefficient (Wildman–Crippen LogP) is 4.22. The molecule has 0 radical (unpaired) electrons. The fraction of sp³-hybridized carbons (Fsp3) is 0.0870. The number of fused-ring (bicyclic) bond motifs is 2. The number of allylic oxidation sites excluding steroid dienone is 1. The molecule has 2 heterocycles. The van der Waals surface area contributed by atoms with Crippen LogP contribution in [0.15, 0.2) is 71.8 Å². The van der Waals surface area contributed by atoms with Crippen molar-refractivity contribution in [2.45, 2.75) is 13.0 Å². The summed E-state index contributed by atoms with van der Waals surface area (Å²) in [4.78, 5) is 20.9. The fourth-order valence-electron chi connectivity index (χ4n) is 3.58. The van der Waals surface area contributed by atoms with Crippen LogP contribution >= 0.6 is 0 Å². The highest BCUT2D eigenvalue weighted by atomic mass is 19.1. The van der Waals surface area contributed by atoms with Crippen molar-refractivity contribution in [2.75, 3.05) is 0 Å². The van der Waals surface area contributed by atoms with Gasteiger partial charge < -0.3 is 4.57 Å². The normalized spacial score (nSPS) is 12.5. The van der Waals surface area contributed by atoms with E-state index < -0.39 is 0 Å². The molecular weight excluding hydrogens is 353 g/mol. The van der Waals surface area contributed by atoms with Gasteiger partial charge in [-0.1, -0.05) is 36.4 Å². The number of pyridine rings is 1. The van der Waals surface area contributed by atoms with E-state index in [4.69, 9.17) is 0 Å². The summed E-state index contributed by atoms with van der Waals surface area (Å²) in [6, 6.07) is 14.5. The highest BCUT2D eigenvalue weighted by Gasteiger charge is 2.12. The molecule has 1 aliphatic carbocycles. The third-order valence-corrected chi connectivity index (χ3v) is 5.08. The molecule has 28 heavy (non-hydrogen) atoms. The van der Waals surface area contributed by atoms with Gasteiger partial charge >= 0.3 is 0 Å². The van der Waals surface area contributed by atoms with Crippen molar-refractivity contribution in [3.63, 3.8) is 0 Å². The Labute approximate surface area is 160 Å². The number of halogens is 1. The molecule has 2 aromatic carbocycles. The number of aromatic nitrogens is 3. The summed E-state index contributed by atoms with van der Waals surface area (Å²) >= 11 is 0. The van der Waals surface area contributed by atoms with E-state index in [1.54, 1.807) is 16.8 Å². The summed E-state index contributed by atoms with van der Waals surface area (Å²) in [6.45, 7) is 0.152. The van der Waals surface area contributed by atoms with Crippen molar-refractivity contribution >= 4 is 17.1 Å². The van der Waals surface area contributed by atoms with E-state index in [-0.39, 0.29) is 17.9 Å². The smallest absolute Gasteiger partial charge is 0.269 e. The number of rotatable bonds is 3. The van der Waals surface area contributed by atoms with Gasteiger partial charge in [0.1, 0.15) is 5.82 Å². The van der Waals surface area contributed by atoms with Gasteiger partial charge in [0.2, 0.25) is 0 Å². The van der Waals surface area contributed by atoms with E-state index in [0.29, 0.717) is 16.6 Å². The first-order valence-electron chi connectivity index (χ1n) is 9.08. The van der Waals surface area contributed by atoms with Crippen LogP contribution in [0.2, 0.25) is 0 Å². The van der Waals surface area contributed by atoms with Crippen LogP contribution in [-0.4, -0.2) is 14.5 Å². The van der Waals surface area contributed by atoms with Crippen molar-refractivity contribution in [3.05, 3.63) is 100.0 Å². The molecule has 0 aliphatic heterocycles. The molecule has 5 heteroatoms. The lowest BCUT2D eigenvalue weighted by Gasteiger charge is -2.11.